The summed E-state index contributed by atoms with van der Waals surface area (Å²) in [4.78, 5) is 35.2. The molecule has 0 radical (unpaired) electrons. The van der Waals surface area contributed by atoms with Crippen LogP contribution in [0.2, 0.25) is 0 Å². The van der Waals surface area contributed by atoms with Gasteiger partial charge in [-0.1, -0.05) is 0 Å². The summed E-state index contributed by atoms with van der Waals surface area (Å²) in [6.07, 6.45) is 2.94. The van der Waals surface area contributed by atoms with Gasteiger partial charge in [-0.05, 0) is 25.1 Å². The van der Waals surface area contributed by atoms with Gasteiger partial charge in [0.05, 0.1) is 25.3 Å². The number of nitrogens with zero attached hydrogens (tertiary/aromatic N) is 4. The van der Waals surface area contributed by atoms with Crippen LogP contribution in [0, 0.1) is 11.9 Å². The Hall–Kier alpha value is -2.78. The van der Waals surface area contributed by atoms with Crippen LogP contribution in [0.4, 0.5) is 4.39 Å². The van der Waals surface area contributed by atoms with Crippen molar-refractivity contribution in [2.75, 3.05) is 45.9 Å². The first kappa shape index (κ1) is 21.5. The molecule has 2 aromatic heterocycles. The maximum absolute atomic E-state index is 13.5. The summed E-state index contributed by atoms with van der Waals surface area (Å²) in [6.45, 7) is 6.25. The van der Waals surface area contributed by atoms with E-state index < -0.39 is 5.95 Å². The molecular weight excluding hydrogens is 403 g/mol. The summed E-state index contributed by atoms with van der Waals surface area (Å²) in [5.74, 6) is -0.507. The van der Waals surface area contributed by atoms with Gasteiger partial charge in [0.25, 0.3) is 5.91 Å². The fourth-order valence-corrected chi connectivity index (χ4v) is 4.40. The maximum atomic E-state index is 13.5. The molecule has 2 fully saturated rings. The van der Waals surface area contributed by atoms with Crippen LogP contribution in [0.3, 0.4) is 0 Å². The van der Waals surface area contributed by atoms with Gasteiger partial charge in [-0.15, -0.1) is 0 Å². The summed E-state index contributed by atoms with van der Waals surface area (Å²) < 4.78 is 24.3. The second-order valence-corrected chi connectivity index (χ2v) is 7.99. The zero-order chi connectivity index (χ0) is 21.8. The number of amides is 1. The molecule has 0 N–H and O–H groups in total. The average molecular weight is 430 g/mol. The monoisotopic (exact) mass is 430 g/mol. The fraction of sp³-hybridized carbons (Fsp3) is 0.500. The predicted molar refractivity (Wildman–Crippen MR) is 110 cm³/mol. The number of piperazine rings is 1. The highest BCUT2D eigenvalue weighted by Gasteiger charge is 2.38. The van der Waals surface area contributed by atoms with Gasteiger partial charge in [0, 0.05) is 63.1 Å². The van der Waals surface area contributed by atoms with Crippen molar-refractivity contribution in [1.29, 1.82) is 0 Å². The van der Waals surface area contributed by atoms with Crippen molar-refractivity contribution in [3.05, 3.63) is 54.0 Å². The quantitative estimate of drug-likeness (QED) is 0.527. The van der Waals surface area contributed by atoms with E-state index >= 15 is 0 Å². The summed E-state index contributed by atoms with van der Waals surface area (Å²) >= 11 is 0. The number of fused-ring (bicyclic) bond motifs is 1. The van der Waals surface area contributed by atoms with Crippen molar-refractivity contribution < 1.29 is 23.1 Å². The Bertz CT molecular complexity index is 907. The molecule has 4 rings (SSSR count). The van der Waals surface area contributed by atoms with Crippen LogP contribution in [0.1, 0.15) is 23.0 Å². The van der Waals surface area contributed by atoms with Gasteiger partial charge >= 0.3 is 5.97 Å². The van der Waals surface area contributed by atoms with Crippen LogP contribution in [-0.2, 0) is 16.1 Å². The lowest BCUT2D eigenvalue weighted by atomic mass is 10.1. The number of esters is 1. The molecule has 0 aromatic carbocycles. The van der Waals surface area contributed by atoms with Crippen LogP contribution >= 0.6 is 0 Å². The lowest BCUT2D eigenvalue weighted by molar-refractivity contribution is -0.149. The Morgan fingerprint density at radius 2 is 2.10 bits per heavy atom. The second kappa shape index (κ2) is 9.57. The Morgan fingerprint density at radius 1 is 1.23 bits per heavy atom. The number of carbonyl (C=O) groups excluding carboxylic acids is 2. The zero-order valence-electron chi connectivity index (χ0n) is 17.6. The van der Waals surface area contributed by atoms with Gasteiger partial charge in [-0.3, -0.25) is 19.4 Å². The Labute approximate surface area is 180 Å². The number of rotatable bonds is 5. The Kier molecular flexibility index (Phi) is 6.62. The molecule has 2 aliphatic heterocycles. The summed E-state index contributed by atoms with van der Waals surface area (Å²) in [6, 6.07) is 6.51. The van der Waals surface area contributed by atoms with Crippen molar-refractivity contribution in [3.8, 4) is 0 Å². The Balaban J connectivity index is 1.50. The first-order valence-corrected chi connectivity index (χ1v) is 10.6. The molecule has 0 bridgehead atoms. The first-order chi connectivity index (χ1) is 15.0. The molecule has 8 nitrogen and oxygen atoms in total. The minimum Gasteiger partial charge on any atom is -0.468 e. The molecule has 31 heavy (non-hydrogen) atoms. The molecule has 1 amide bonds. The number of furan rings is 1. The fourth-order valence-electron chi connectivity index (χ4n) is 4.40. The van der Waals surface area contributed by atoms with Crippen LogP contribution < -0.4 is 0 Å². The largest absolute Gasteiger partial charge is 0.468 e. The summed E-state index contributed by atoms with van der Waals surface area (Å²) in [5.41, 5.74) is 0.298. The lowest BCUT2D eigenvalue weighted by Gasteiger charge is -2.41. The molecular formula is C22H27FN4O4. The van der Waals surface area contributed by atoms with Gasteiger partial charge in [-0.25, -0.2) is 4.98 Å². The third kappa shape index (κ3) is 5.11. The molecule has 2 saturated heterocycles. The van der Waals surface area contributed by atoms with E-state index in [0.717, 1.165) is 5.76 Å². The molecule has 0 saturated carbocycles. The molecule has 9 heteroatoms. The second-order valence-electron chi connectivity index (χ2n) is 7.99. The third-order valence-electron chi connectivity index (χ3n) is 5.85. The van der Waals surface area contributed by atoms with E-state index in [2.05, 4.69) is 14.8 Å². The summed E-state index contributed by atoms with van der Waals surface area (Å²) in [7, 11) is 0. The molecule has 166 valence electrons. The SMILES string of the molecule is CCOC(=O)[C@H]1CN(Cc2ccco2)C[C@H]2CN(C(=O)c3ccnc(F)c3)CCN2C1. The Morgan fingerprint density at radius 3 is 2.84 bits per heavy atom. The number of ether oxygens (including phenoxy) is 1. The molecule has 0 aliphatic carbocycles. The van der Waals surface area contributed by atoms with E-state index in [-0.39, 0.29) is 23.8 Å². The minimum atomic E-state index is -0.666. The molecule has 4 heterocycles. The third-order valence-corrected chi connectivity index (χ3v) is 5.85. The first-order valence-electron chi connectivity index (χ1n) is 10.6. The zero-order valence-corrected chi connectivity index (χ0v) is 17.6. The lowest BCUT2D eigenvalue weighted by Crippen LogP contribution is -2.57. The highest BCUT2D eigenvalue weighted by atomic mass is 19.1. The number of halogens is 1. The topological polar surface area (TPSA) is 79.1 Å². The maximum Gasteiger partial charge on any atom is 0.311 e. The van der Waals surface area contributed by atoms with Crippen molar-refractivity contribution >= 4 is 11.9 Å². The number of hydrogen-bond donors (Lipinski definition) is 0. The standard InChI is InChI=1S/C22H27FN4O4/c1-2-30-22(29)17-11-25(15-19-4-3-9-31-19)13-18-14-27(8-7-26(18)12-17)21(28)16-5-6-24-20(23)10-16/h3-6,9-10,17-18H,2,7-8,11-15H2,1H3/t17-,18-/m0/s1. The van der Waals surface area contributed by atoms with Gasteiger partial charge in [-0.2, -0.15) is 4.39 Å². The minimum absolute atomic E-state index is 0.0544. The van der Waals surface area contributed by atoms with Crippen molar-refractivity contribution in [2.24, 2.45) is 5.92 Å². The van der Waals surface area contributed by atoms with Crippen LogP contribution in [-0.4, -0.2) is 83.5 Å². The number of pyridine rings is 1. The highest BCUT2D eigenvalue weighted by molar-refractivity contribution is 5.94. The van der Waals surface area contributed by atoms with E-state index in [4.69, 9.17) is 9.15 Å². The number of carbonyl (C=O) groups is 2. The van der Waals surface area contributed by atoms with Gasteiger partial charge in [0.15, 0.2) is 0 Å². The van der Waals surface area contributed by atoms with E-state index in [1.165, 1.54) is 18.3 Å². The number of aromatic nitrogens is 1. The molecule has 2 aromatic rings. The van der Waals surface area contributed by atoms with Crippen LogP contribution in [0.5, 0.6) is 0 Å². The average Bonchev–Trinajstić information content (AvgIpc) is 3.19. The summed E-state index contributed by atoms with van der Waals surface area (Å²) in [5, 5.41) is 0. The van der Waals surface area contributed by atoms with Gasteiger partial charge in [0.1, 0.15) is 5.76 Å². The normalized spacial score (nSPS) is 22.6. The molecule has 2 aliphatic rings. The van der Waals surface area contributed by atoms with Gasteiger partial charge < -0.3 is 14.1 Å². The highest BCUT2D eigenvalue weighted by Crippen LogP contribution is 2.22. The van der Waals surface area contributed by atoms with Crippen molar-refractivity contribution in [3.63, 3.8) is 0 Å². The molecule has 0 spiro atoms. The number of hydrogen-bond acceptors (Lipinski definition) is 7. The van der Waals surface area contributed by atoms with E-state index in [1.54, 1.807) is 11.2 Å². The van der Waals surface area contributed by atoms with E-state index in [1.807, 2.05) is 19.1 Å². The van der Waals surface area contributed by atoms with Crippen LogP contribution in [0.15, 0.2) is 41.1 Å². The predicted octanol–water partition coefficient (Wildman–Crippen LogP) is 1.64. The molecule has 0 unspecified atom stereocenters. The van der Waals surface area contributed by atoms with Gasteiger partial charge in [0.2, 0.25) is 5.95 Å². The van der Waals surface area contributed by atoms with Crippen molar-refractivity contribution in [2.45, 2.75) is 19.5 Å². The smallest absolute Gasteiger partial charge is 0.311 e. The van der Waals surface area contributed by atoms with E-state index in [0.29, 0.717) is 58.0 Å². The van der Waals surface area contributed by atoms with E-state index in [9.17, 15) is 14.0 Å². The molecule has 2 atom stereocenters. The van der Waals surface area contributed by atoms with Crippen molar-refractivity contribution in [1.82, 2.24) is 19.7 Å². The van der Waals surface area contributed by atoms with Crippen LogP contribution in [0.25, 0.3) is 0 Å².